The lowest BCUT2D eigenvalue weighted by Gasteiger charge is -2.02. The van der Waals surface area contributed by atoms with Crippen LogP contribution in [-0.2, 0) is 24.3 Å². The van der Waals surface area contributed by atoms with Gasteiger partial charge in [-0.1, -0.05) is 6.92 Å². The predicted octanol–water partition coefficient (Wildman–Crippen LogP) is 0.465. The van der Waals surface area contributed by atoms with E-state index < -0.39 is 0 Å². The van der Waals surface area contributed by atoms with Crippen molar-refractivity contribution in [1.82, 2.24) is 14.9 Å². The Morgan fingerprint density at radius 3 is 3.31 bits per heavy atom. The van der Waals surface area contributed by atoms with E-state index in [0.29, 0.717) is 13.0 Å². The second-order valence-electron chi connectivity index (χ2n) is 3.21. The van der Waals surface area contributed by atoms with E-state index in [9.17, 15) is 4.79 Å². The van der Waals surface area contributed by atoms with E-state index in [-0.39, 0.29) is 5.91 Å². The number of imidazole rings is 1. The number of aromatic nitrogens is 2. The van der Waals surface area contributed by atoms with Crippen LogP contribution in [0.3, 0.4) is 0 Å². The van der Waals surface area contributed by atoms with Crippen LogP contribution in [0.25, 0.3) is 0 Å². The maximum Gasteiger partial charge on any atom is 0.222 e. The first-order valence-corrected chi connectivity index (χ1v) is 4.61. The van der Waals surface area contributed by atoms with Crippen LogP contribution in [0.5, 0.6) is 0 Å². The fourth-order valence-corrected chi connectivity index (χ4v) is 1.63. The summed E-state index contributed by atoms with van der Waals surface area (Å²) in [5, 5.41) is 2.86. The molecule has 1 aromatic rings. The Kier molecular flexibility index (Phi) is 2.04. The molecule has 4 nitrogen and oxygen atoms in total. The SMILES string of the molecule is CCc1ncn2c1CNC(=O)CC2. The molecule has 13 heavy (non-hydrogen) atoms. The summed E-state index contributed by atoms with van der Waals surface area (Å²) in [5.74, 6) is 0.130. The van der Waals surface area contributed by atoms with Gasteiger partial charge in [-0.2, -0.15) is 0 Å². The number of hydrogen-bond donors (Lipinski definition) is 1. The van der Waals surface area contributed by atoms with Crippen molar-refractivity contribution < 1.29 is 4.79 Å². The minimum Gasteiger partial charge on any atom is -0.350 e. The van der Waals surface area contributed by atoms with Gasteiger partial charge < -0.3 is 9.88 Å². The maximum atomic E-state index is 11.1. The van der Waals surface area contributed by atoms with Gasteiger partial charge in [-0.25, -0.2) is 4.98 Å². The van der Waals surface area contributed by atoms with Crippen molar-refractivity contribution in [3.63, 3.8) is 0 Å². The van der Waals surface area contributed by atoms with Crippen molar-refractivity contribution in [2.45, 2.75) is 32.9 Å². The summed E-state index contributed by atoms with van der Waals surface area (Å²) in [5.41, 5.74) is 2.26. The van der Waals surface area contributed by atoms with Gasteiger partial charge >= 0.3 is 0 Å². The summed E-state index contributed by atoms with van der Waals surface area (Å²) in [6.45, 7) is 3.46. The van der Waals surface area contributed by atoms with E-state index in [1.54, 1.807) is 0 Å². The van der Waals surface area contributed by atoms with Crippen molar-refractivity contribution in [2.24, 2.45) is 0 Å². The fraction of sp³-hybridized carbons (Fsp3) is 0.556. The van der Waals surface area contributed by atoms with E-state index in [1.807, 2.05) is 6.33 Å². The van der Waals surface area contributed by atoms with Gasteiger partial charge in [0.15, 0.2) is 0 Å². The molecule has 0 saturated heterocycles. The molecule has 2 rings (SSSR count). The number of nitrogens with one attached hydrogen (secondary N) is 1. The summed E-state index contributed by atoms with van der Waals surface area (Å²) in [7, 11) is 0. The largest absolute Gasteiger partial charge is 0.350 e. The molecule has 1 aliphatic heterocycles. The number of rotatable bonds is 1. The highest BCUT2D eigenvalue weighted by Gasteiger charge is 2.14. The highest BCUT2D eigenvalue weighted by Crippen LogP contribution is 2.11. The van der Waals surface area contributed by atoms with Gasteiger partial charge in [0.1, 0.15) is 0 Å². The molecule has 0 spiro atoms. The van der Waals surface area contributed by atoms with Gasteiger partial charge in [0, 0.05) is 13.0 Å². The highest BCUT2D eigenvalue weighted by atomic mass is 16.1. The normalized spacial score (nSPS) is 16.2. The van der Waals surface area contributed by atoms with Crippen molar-refractivity contribution in [3.05, 3.63) is 17.7 Å². The zero-order valence-electron chi connectivity index (χ0n) is 7.71. The number of fused-ring (bicyclic) bond motifs is 1. The van der Waals surface area contributed by atoms with Crippen molar-refractivity contribution >= 4 is 5.91 Å². The molecule has 0 atom stereocenters. The van der Waals surface area contributed by atoms with Gasteiger partial charge in [-0.3, -0.25) is 4.79 Å². The molecule has 0 fully saturated rings. The predicted molar refractivity (Wildman–Crippen MR) is 48.1 cm³/mol. The van der Waals surface area contributed by atoms with Gasteiger partial charge in [0.2, 0.25) is 5.91 Å². The summed E-state index contributed by atoms with van der Waals surface area (Å²) >= 11 is 0. The summed E-state index contributed by atoms with van der Waals surface area (Å²) in [4.78, 5) is 15.4. The van der Waals surface area contributed by atoms with Crippen LogP contribution in [0.4, 0.5) is 0 Å². The van der Waals surface area contributed by atoms with E-state index in [2.05, 4.69) is 21.8 Å². The number of carbonyl (C=O) groups excluding carboxylic acids is 1. The minimum absolute atomic E-state index is 0.130. The molecule has 0 aliphatic carbocycles. The van der Waals surface area contributed by atoms with Crippen molar-refractivity contribution in [2.75, 3.05) is 0 Å². The molecule has 0 bridgehead atoms. The molecule has 1 N–H and O–H groups in total. The van der Waals surface area contributed by atoms with E-state index in [1.165, 1.54) is 0 Å². The molecule has 70 valence electrons. The number of hydrogen-bond acceptors (Lipinski definition) is 2. The van der Waals surface area contributed by atoms with Gasteiger partial charge in [0.05, 0.1) is 24.3 Å². The molecule has 1 aromatic heterocycles. The van der Waals surface area contributed by atoms with Crippen LogP contribution in [0, 0.1) is 0 Å². The standard InChI is InChI=1S/C9H13N3O/c1-2-7-8-5-10-9(13)3-4-12(8)6-11-7/h6H,2-5H2,1H3,(H,10,13). The molecule has 1 amide bonds. The number of amides is 1. The maximum absolute atomic E-state index is 11.1. The van der Waals surface area contributed by atoms with E-state index in [4.69, 9.17) is 0 Å². The first-order valence-electron chi connectivity index (χ1n) is 4.61. The zero-order valence-corrected chi connectivity index (χ0v) is 7.71. The van der Waals surface area contributed by atoms with Crippen LogP contribution in [0.2, 0.25) is 0 Å². The Labute approximate surface area is 77.0 Å². The molecular weight excluding hydrogens is 166 g/mol. The van der Waals surface area contributed by atoms with Gasteiger partial charge in [0.25, 0.3) is 0 Å². The van der Waals surface area contributed by atoms with Crippen molar-refractivity contribution in [3.8, 4) is 0 Å². The Morgan fingerprint density at radius 2 is 2.54 bits per heavy atom. The molecular formula is C9H13N3O. The summed E-state index contributed by atoms with van der Waals surface area (Å²) in [6, 6.07) is 0. The fourth-order valence-electron chi connectivity index (χ4n) is 1.63. The first kappa shape index (κ1) is 8.29. The first-order chi connectivity index (χ1) is 6.31. The van der Waals surface area contributed by atoms with E-state index >= 15 is 0 Å². The smallest absolute Gasteiger partial charge is 0.222 e. The van der Waals surface area contributed by atoms with E-state index in [0.717, 1.165) is 24.4 Å². The molecule has 0 saturated carbocycles. The van der Waals surface area contributed by atoms with Crippen LogP contribution in [0.15, 0.2) is 6.33 Å². The van der Waals surface area contributed by atoms with Crippen LogP contribution in [-0.4, -0.2) is 15.5 Å². The minimum atomic E-state index is 0.130. The molecule has 2 heterocycles. The Morgan fingerprint density at radius 1 is 1.69 bits per heavy atom. The van der Waals surface area contributed by atoms with Gasteiger partial charge in [-0.15, -0.1) is 0 Å². The number of aryl methyl sites for hydroxylation is 2. The third-order valence-corrected chi connectivity index (χ3v) is 2.40. The number of nitrogens with zero attached hydrogens (tertiary/aromatic N) is 2. The second kappa shape index (κ2) is 3.20. The quantitative estimate of drug-likeness (QED) is 0.681. The third-order valence-electron chi connectivity index (χ3n) is 2.40. The Bertz CT molecular complexity index is 330. The monoisotopic (exact) mass is 179 g/mol. The van der Waals surface area contributed by atoms with Crippen LogP contribution < -0.4 is 5.32 Å². The topological polar surface area (TPSA) is 46.9 Å². The van der Waals surface area contributed by atoms with Crippen LogP contribution in [0.1, 0.15) is 24.7 Å². The lowest BCUT2D eigenvalue weighted by Crippen LogP contribution is -2.20. The molecule has 0 unspecified atom stereocenters. The van der Waals surface area contributed by atoms with Gasteiger partial charge in [-0.05, 0) is 6.42 Å². The molecule has 4 heteroatoms. The lowest BCUT2D eigenvalue weighted by atomic mass is 10.2. The Hall–Kier alpha value is -1.32. The highest BCUT2D eigenvalue weighted by molar-refractivity contribution is 5.76. The van der Waals surface area contributed by atoms with Crippen LogP contribution >= 0.6 is 0 Å². The summed E-state index contributed by atoms with van der Waals surface area (Å²) in [6.07, 6.45) is 3.32. The molecule has 0 aromatic carbocycles. The second-order valence-corrected chi connectivity index (χ2v) is 3.21. The molecule has 1 aliphatic rings. The molecule has 0 radical (unpaired) electrons. The number of carbonyl (C=O) groups is 1. The summed E-state index contributed by atoms with van der Waals surface area (Å²) < 4.78 is 2.07. The average molecular weight is 179 g/mol. The third kappa shape index (κ3) is 1.43. The van der Waals surface area contributed by atoms with Crippen molar-refractivity contribution in [1.29, 1.82) is 0 Å². The lowest BCUT2D eigenvalue weighted by molar-refractivity contribution is -0.121. The average Bonchev–Trinajstić information content (AvgIpc) is 2.45. The Balaban J connectivity index is 2.31. The zero-order chi connectivity index (χ0) is 9.26.